The van der Waals surface area contributed by atoms with Gasteiger partial charge in [-0.2, -0.15) is 0 Å². The van der Waals surface area contributed by atoms with Gasteiger partial charge in [0.05, 0.1) is 0 Å². The van der Waals surface area contributed by atoms with E-state index in [2.05, 4.69) is 6.07 Å². The molecule has 2 rings (SSSR count). The SMILES string of the molecule is CC(CN)C(=O)c1cccc(SCC2CCCCC2)c1. The predicted octanol–water partition coefficient (Wildman–Crippen LogP) is 4.14. The molecule has 1 saturated carbocycles. The standard InChI is InChI=1S/C17H25NOS/c1-13(11-18)17(19)15-8-5-9-16(10-15)20-12-14-6-3-2-4-7-14/h5,8-10,13-14H,2-4,6-7,11-12,18H2,1H3. The highest BCUT2D eigenvalue weighted by Gasteiger charge is 2.16. The van der Waals surface area contributed by atoms with Gasteiger partial charge in [-0.1, -0.05) is 38.3 Å². The van der Waals surface area contributed by atoms with Gasteiger partial charge in [0.25, 0.3) is 0 Å². The van der Waals surface area contributed by atoms with E-state index in [0.29, 0.717) is 6.54 Å². The van der Waals surface area contributed by atoms with Crippen LogP contribution in [0.15, 0.2) is 29.2 Å². The number of thioether (sulfide) groups is 1. The van der Waals surface area contributed by atoms with Crippen molar-refractivity contribution >= 4 is 17.5 Å². The number of Topliss-reactive ketones (excluding diaryl/α,β-unsaturated/α-hetero) is 1. The molecule has 1 atom stereocenters. The first-order chi connectivity index (χ1) is 9.70. The molecule has 0 aliphatic heterocycles. The first-order valence-electron chi connectivity index (χ1n) is 7.68. The second kappa shape index (κ2) is 7.84. The van der Waals surface area contributed by atoms with E-state index >= 15 is 0 Å². The quantitative estimate of drug-likeness (QED) is 0.633. The lowest BCUT2D eigenvalue weighted by Crippen LogP contribution is -2.20. The predicted molar refractivity (Wildman–Crippen MR) is 86.3 cm³/mol. The van der Waals surface area contributed by atoms with E-state index in [4.69, 9.17) is 5.73 Å². The van der Waals surface area contributed by atoms with Crippen LogP contribution in [0.1, 0.15) is 49.4 Å². The largest absolute Gasteiger partial charge is 0.330 e. The molecular weight excluding hydrogens is 266 g/mol. The summed E-state index contributed by atoms with van der Waals surface area (Å²) < 4.78 is 0. The smallest absolute Gasteiger partial charge is 0.166 e. The number of rotatable bonds is 6. The Bertz CT molecular complexity index is 440. The van der Waals surface area contributed by atoms with Gasteiger partial charge in [0, 0.05) is 28.7 Å². The van der Waals surface area contributed by atoms with Crippen molar-refractivity contribution in [1.82, 2.24) is 0 Å². The van der Waals surface area contributed by atoms with E-state index in [0.717, 1.165) is 11.5 Å². The van der Waals surface area contributed by atoms with E-state index in [1.165, 1.54) is 42.8 Å². The molecule has 0 amide bonds. The number of benzene rings is 1. The van der Waals surface area contributed by atoms with Gasteiger partial charge in [-0.05, 0) is 30.9 Å². The van der Waals surface area contributed by atoms with Gasteiger partial charge in [-0.15, -0.1) is 11.8 Å². The molecule has 2 N–H and O–H groups in total. The molecule has 0 bridgehead atoms. The molecule has 0 heterocycles. The minimum absolute atomic E-state index is 0.0893. The van der Waals surface area contributed by atoms with Crippen LogP contribution >= 0.6 is 11.8 Å². The highest BCUT2D eigenvalue weighted by atomic mass is 32.2. The number of carbonyl (C=O) groups is 1. The summed E-state index contributed by atoms with van der Waals surface area (Å²) in [6.45, 7) is 2.31. The Balaban J connectivity index is 1.93. The van der Waals surface area contributed by atoms with Crippen molar-refractivity contribution in [2.45, 2.75) is 43.9 Å². The molecule has 0 radical (unpaired) electrons. The van der Waals surface area contributed by atoms with Gasteiger partial charge in [0.1, 0.15) is 0 Å². The number of hydrogen-bond donors (Lipinski definition) is 1. The van der Waals surface area contributed by atoms with Crippen molar-refractivity contribution in [1.29, 1.82) is 0 Å². The van der Waals surface area contributed by atoms with Crippen LogP contribution in [-0.2, 0) is 0 Å². The average Bonchev–Trinajstić information content (AvgIpc) is 2.52. The number of hydrogen-bond acceptors (Lipinski definition) is 3. The molecule has 1 unspecified atom stereocenters. The van der Waals surface area contributed by atoms with E-state index in [1.54, 1.807) is 0 Å². The van der Waals surface area contributed by atoms with Gasteiger partial charge >= 0.3 is 0 Å². The van der Waals surface area contributed by atoms with Gasteiger partial charge in [-0.3, -0.25) is 4.79 Å². The lowest BCUT2D eigenvalue weighted by Gasteiger charge is -2.21. The Kier molecular flexibility index (Phi) is 6.11. The molecule has 3 heteroatoms. The Morgan fingerprint density at radius 1 is 1.35 bits per heavy atom. The average molecular weight is 291 g/mol. The maximum absolute atomic E-state index is 12.1. The van der Waals surface area contributed by atoms with E-state index in [1.807, 2.05) is 36.9 Å². The van der Waals surface area contributed by atoms with Crippen LogP contribution < -0.4 is 5.73 Å². The lowest BCUT2D eigenvalue weighted by molar-refractivity contribution is 0.0934. The van der Waals surface area contributed by atoms with Crippen LogP contribution in [0.2, 0.25) is 0 Å². The van der Waals surface area contributed by atoms with E-state index < -0.39 is 0 Å². The summed E-state index contributed by atoms with van der Waals surface area (Å²) in [6, 6.07) is 8.03. The molecule has 1 aromatic carbocycles. The van der Waals surface area contributed by atoms with E-state index in [-0.39, 0.29) is 11.7 Å². The number of ketones is 1. The molecule has 110 valence electrons. The van der Waals surface area contributed by atoms with Crippen molar-refractivity contribution in [3.63, 3.8) is 0 Å². The van der Waals surface area contributed by atoms with E-state index in [9.17, 15) is 4.79 Å². The third-order valence-electron chi connectivity index (χ3n) is 4.13. The van der Waals surface area contributed by atoms with Crippen molar-refractivity contribution in [2.24, 2.45) is 17.6 Å². The Morgan fingerprint density at radius 2 is 2.10 bits per heavy atom. The summed E-state index contributed by atoms with van der Waals surface area (Å²) in [5, 5.41) is 0. The summed E-state index contributed by atoms with van der Waals surface area (Å²) in [5.74, 6) is 2.11. The highest BCUT2D eigenvalue weighted by Crippen LogP contribution is 2.30. The molecule has 1 aliphatic rings. The third kappa shape index (κ3) is 4.35. The maximum Gasteiger partial charge on any atom is 0.166 e. The summed E-state index contributed by atoms with van der Waals surface area (Å²) in [7, 11) is 0. The minimum atomic E-state index is -0.0893. The summed E-state index contributed by atoms with van der Waals surface area (Å²) in [5.41, 5.74) is 6.38. The summed E-state index contributed by atoms with van der Waals surface area (Å²) >= 11 is 1.89. The fraction of sp³-hybridized carbons (Fsp3) is 0.588. The molecule has 2 nitrogen and oxygen atoms in total. The van der Waals surface area contributed by atoms with Crippen molar-refractivity contribution in [2.75, 3.05) is 12.3 Å². The molecule has 0 aromatic heterocycles. The molecule has 1 aliphatic carbocycles. The monoisotopic (exact) mass is 291 g/mol. The van der Waals surface area contributed by atoms with Gasteiger partial charge in [0.2, 0.25) is 0 Å². The zero-order valence-corrected chi connectivity index (χ0v) is 13.1. The van der Waals surface area contributed by atoms with Crippen LogP contribution in [0.25, 0.3) is 0 Å². The molecule has 0 spiro atoms. The van der Waals surface area contributed by atoms with Crippen LogP contribution in [0, 0.1) is 11.8 Å². The first kappa shape index (κ1) is 15.6. The van der Waals surface area contributed by atoms with Crippen LogP contribution in [0.4, 0.5) is 0 Å². The van der Waals surface area contributed by atoms with Crippen molar-refractivity contribution in [3.8, 4) is 0 Å². The molecular formula is C17H25NOS. The van der Waals surface area contributed by atoms with Gasteiger partial charge in [0.15, 0.2) is 5.78 Å². The topological polar surface area (TPSA) is 43.1 Å². The maximum atomic E-state index is 12.1. The number of carbonyl (C=O) groups excluding carboxylic acids is 1. The fourth-order valence-corrected chi connectivity index (χ4v) is 3.85. The molecule has 1 fully saturated rings. The Labute approximate surface area is 126 Å². The first-order valence-corrected chi connectivity index (χ1v) is 8.66. The zero-order chi connectivity index (χ0) is 14.4. The zero-order valence-electron chi connectivity index (χ0n) is 12.3. The van der Waals surface area contributed by atoms with Crippen LogP contribution in [0.5, 0.6) is 0 Å². The summed E-state index contributed by atoms with van der Waals surface area (Å²) in [4.78, 5) is 13.4. The highest BCUT2D eigenvalue weighted by molar-refractivity contribution is 7.99. The lowest BCUT2D eigenvalue weighted by atomic mass is 9.91. The molecule has 0 saturated heterocycles. The molecule has 1 aromatic rings. The fourth-order valence-electron chi connectivity index (χ4n) is 2.70. The number of nitrogens with two attached hydrogens (primary N) is 1. The molecule has 20 heavy (non-hydrogen) atoms. The minimum Gasteiger partial charge on any atom is -0.330 e. The summed E-state index contributed by atoms with van der Waals surface area (Å²) in [6.07, 6.45) is 6.92. The third-order valence-corrected chi connectivity index (χ3v) is 5.36. The van der Waals surface area contributed by atoms with Crippen LogP contribution in [-0.4, -0.2) is 18.1 Å². The Morgan fingerprint density at radius 3 is 2.80 bits per heavy atom. The van der Waals surface area contributed by atoms with Gasteiger partial charge in [-0.25, -0.2) is 0 Å². The Hall–Kier alpha value is -0.800. The second-order valence-electron chi connectivity index (χ2n) is 5.84. The normalized spacial score (nSPS) is 17.9. The second-order valence-corrected chi connectivity index (χ2v) is 6.94. The van der Waals surface area contributed by atoms with Crippen LogP contribution in [0.3, 0.4) is 0 Å². The van der Waals surface area contributed by atoms with Gasteiger partial charge < -0.3 is 5.73 Å². The van der Waals surface area contributed by atoms with Crippen molar-refractivity contribution < 1.29 is 4.79 Å². The van der Waals surface area contributed by atoms with Crippen molar-refractivity contribution in [3.05, 3.63) is 29.8 Å².